The summed E-state index contributed by atoms with van der Waals surface area (Å²) in [7, 11) is 0. The number of carbonyl (C=O) groups excluding carboxylic acids is 1. The van der Waals surface area contributed by atoms with Crippen molar-refractivity contribution in [2.45, 2.75) is 6.54 Å². The summed E-state index contributed by atoms with van der Waals surface area (Å²) >= 11 is 0. The molecule has 10 heteroatoms. The van der Waals surface area contributed by atoms with Crippen molar-refractivity contribution in [2.75, 3.05) is 36.4 Å². The molecule has 3 aromatic heterocycles. The van der Waals surface area contributed by atoms with Crippen LogP contribution in [-0.2, 0) is 6.54 Å². The number of hydrogen-bond acceptors (Lipinski definition) is 7. The number of hydrogen-bond donors (Lipinski definition) is 2. The van der Waals surface area contributed by atoms with Gasteiger partial charge in [-0.25, -0.2) is 4.39 Å². The van der Waals surface area contributed by atoms with Crippen LogP contribution in [0.5, 0.6) is 0 Å². The molecule has 2 N–H and O–H groups in total. The number of halogens is 1. The van der Waals surface area contributed by atoms with Crippen LogP contribution in [0.2, 0.25) is 0 Å². The van der Waals surface area contributed by atoms with Gasteiger partial charge in [0, 0.05) is 48.9 Å². The third-order valence-electron chi connectivity index (χ3n) is 6.37. The minimum Gasteiger partial charge on any atom is -0.472 e. The number of H-pyrrole nitrogens is 1. The fourth-order valence-electron chi connectivity index (χ4n) is 4.45. The number of piperazine rings is 1. The standard InChI is InChI=1S/C26H23FN6O3/c27-19-2-1-3-20(13-19)33-9-7-32(8-10-33)15-21-14-24(31-36-21)26(34)28-25-22-5-4-17(12-23(22)29-30-25)18-6-11-35-16-18/h1-6,11-14,16H,7-10,15H2,(H2,28,29,30,34). The van der Waals surface area contributed by atoms with Gasteiger partial charge in [-0.2, -0.15) is 5.10 Å². The minimum absolute atomic E-state index is 0.189. The van der Waals surface area contributed by atoms with Gasteiger partial charge in [-0.05, 0) is 42.0 Å². The first-order valence-corrected chi connectivity index (χ1v) is 11.6. The molecule has 6 rings (SSSR count). The van der Waals surface area contributed by atoms with E-state index in [0.717, 1.165) is 53.9 Å². The van der Waals surface area contributed by atoms with E-state index in [4.69, 9.17) is 8.94 Å². The average Bonchev–Trinajstić information content (AvgIpc) is 3.66. The summed E-state index contributed by atoms with van der Waals surface area (Å²) in [4.78, 5) is 17.2. The van der Waals surface area contributed by atoms with Crippen LogP contribution in [0, 0.1) is 5.82 Å². The van der Waals surface area contributed by atoms with Crippen LogP contribution in [0.3, 0.4) is 0 Å². The Morgan fingerprint density at radius 3 is 2.75 bits per heavy atom. The summed E-state index contributed by atoms with van der Waals surface area (Å²) in [6.45, 7) is 3.68. The van der Waals surface area contributed by atoms with Gasteiger partial charge in [-0.1, -0.05) is 17.3 Å². The summed E-state index contributed by atoms with van der Waals surface area (Å²) in [5.41, 5.74) is 3.81. The van der Waals surface area contributed by atoms with E-state index < -0.39 is 5.91 Å². The second kappa shape index (κ2) is 9.31. The number of aromatic amines is 1. The number of carbonyl (C=O) groups is 1. The first-order chi connectivity index (χ1) is 17.6. The number of nitrogens with one attached hydrogen (secondary N) is 2. The average molecular weight is 487 g/mol. The largest absolute Gasteiger partial charge is 0.472 e. The van der Waals surface area contributed by atoms with Gasteiger partial charge in [-0.15, -0.1) is 0 Å². The molecule has 0 atom stereocenters. The van der Waals surface area contributed by atoms with E-state index in [-0.39, 0.29) is 11.5 Å². The summed E-state index contributed by atoms with van der Waals surface area (Å²) < 4.78 is 24.1. The summed E-state index contributed by atoms with van der Waals surface area (Å²) in [6, 6.07) is 16.0. The first-order valence-electron chi connectivity index (χ1n) is 11.6. The molecule has 5 aromatic rings. The number of rotatable bonds is 6. The Balaban J connectivity index is 1.07. The highest BCUT2D eigenvalue weighted by Crippen LogP contribution is 2.27. The van der Waals surface area contributed by atoms with Gasteiger partial charge in [0.15, 0.2) is 17.3 Å². The van der Waals surface area contributed by atoms with Crippen molar-refractivity contribution in [3.8, 4) is 11.1 Å². The molecule has 0 saturated carbocycles. The molecule has 1 aliphatic rings. The molecule has 1 aliphatic heterocycles. The molecule has 182 valence electrons. The molecule has 0 bridgehead atoms. The predicted octanol–water partition coefficient (Wildman–Crippen LogP) is 4.52. The molecule has 9 nitrogen and oxygen atoms in total. The normalized spacial score (nSPS) is 14.4. The van der Waals surface area contributed by atoms with Gasteiger partial charge in [0.25, 0.3) is 5.91 Å². The molecule has 2 aromatic carbocycles. The van der Waals surface area contributed by atoms with E-state index in [2.05, 4.69) is 30.5 Å². The fraction of sp³-hybridized carbons (Fsp3) is 0.192. The molecule has 0 radical (unpaired) electrons. The lowest BCUT2D eigenvalue weighted by molar-refractivity contribution is 0.101. The monoisotopic (exact) mass is 486 g/mol. The lowest BCUT2D eigenvalue weighted by Gasteiger charge is -2.35. The Bertz CT molecular complexity index is 1500. The minimum atomic E-state index is -0.395. The zero-order valence-electron chi connectivity index (χ0n) is 19.3. The molecular weight excluding hydrogens is 463 g/mol. The van der Waals surface area contributed by atoms with Crippen LogP contribution in [0.15, 0.2) is 76.1 Å². The third-order valence-corrected chi connectivity index (χ3v) is 6.37. The van der Waals surface area contributed by atoms with Crippen molar-refractivity contribution in [2.24, 2.45) is 0 Å². The van der Waals surface area contributed by atoms with Gasteiger partial charge in [-0.3, -0.25) is 14.8 Å². The lowest BCUT2D eigenvalue weighted by atomic mass is 10.1. The summed E-state index contributed by atoms with van der Waals surface area (Å²) in [6.07, 6.45) is 3.30. The Kier molecular flexibility index (Phi) is 5.70. The first kappa shape index (κ1) is 22.1. The number of amides is 1. The molecule has 0 aliphatic carbocycles. The van der Waals surface area contributed by atoms with Gasteiger partial charge < -0.3 is 19.2 Å². The maximum absolute atomic E-state index is 13.5. The highest BCUT2D eigenvalue weighted by Gasteiger charge is 2.21. The van der Waals surface area contributed by atoms with Crippen LogP contribution < -0.4 is 10.2 Å². The Hall–Kier alpha value is -4.44. The number of nitrogens with zero attached hydrogens (tertiary/aromatic N) is 4. The second-order valence-corrected chi connectivity index (χ2v) is 8.72. The maximum Gasteiger partial charge on any atom is 0.279 e. The molecule has 4 heterocycles. The molecule has 1 amide bonds. The molecule has 1 saturated heterocycles. The Morgan fingerprint density at radius 2 is 1.94 bits per heavy atom. The molecular formula is C26H23FN6O3. The van der Waals surface area contributed by atoms with E-state index in [0.29, 0.717) is 18.1 Å². The van der Waals surface area contributed by atoms with E-state index in [1.807, 2.05) is 30.3 Å². The summed E-state index contributed by atoms with van der Waals surface area (Å²) in [5, 5.41) is 14.7. The molecule has 0 unspecified atom stereocenters. The highest BCUT2D eigenvalue weighted by molar-refractivity contribution is 6.07. The Morgan fingerprint density at radius 1 is 1.06 bits per heavy atom. The van der Waals surface area contributed by atoms with Gasteiger partial charge in [0.2, 0.25) is 0 Å². The van der Waals surface area contributed by atoms with Crippen molar-refractivity contribution in [1.29, 1.82) is 0 Å². The van der Waals surface area contributed by atoms with Crippen molar-refractivity contribution < 1.29 is 18.1 Å². The summed E-state index contributed by atoms with van der Waals surface area (Å²) in [5.74, 6) is 0.403. The zero-order chi connectivity index (χ0) is 24.5. The maximum atomic E-state index is 13.5. The van der Waals surface area contributed by atoms with Crippen molar-refractivity contribution >= 4 is 28.3 Å². The second-order valence-electron chi connectivity index (χ2n) is 8.72. The molecule has 0 spiro atoms. The van der Waals surface area contributed by atoms with Crippen LogP contribution in [0.4, 0.5) is 15.9 Å². The number of anilines is 2. The number of aromatic nitrogens is 3. The zero-order valence-corrected chi connectivity index (χ0v) is 19.3. The van der Waals surface area contributed by atoms with Crippen LogP contribution in [-0.4, -0.2) is 52.3 Å². The SMILES string of the molecule is O=C(Nc1n[nH]c2cc(-c3ccoc3)ccc12)c1cc(CN2CCN(c3cccc(F)c3)CC2)on1. The number of fused-ring (bicyclic) bond motifs is 1. The van der Waals surface area contributed by atoms with Crippen LogP contribution >= 0.6 is 0 Å². The quantitative estimate of drug-likeness (QED) is 0.364. The molecule has 36 heavy (non-hydrogen) atoms. The van der Waals surface area contributed by atoms with E-state index in [9.17, 15) is 9.18 Å². The van der Waals surface area contributed by atoms with Crippen LogP contribution in [0.25, 0.3) is 22.0 Å². The fourth-order valence-corrected chi connectivity index (χ4v) is 4.45. The lowest BCUT2D eigenvalue weighted by Crippen LogP contribution is -2.45. The molecule has 1 fully saturated rings. The van der Waals surface area contributed by atoms with Crippen molar-refractivity contribution in [3.63, 3.8) is 0 Å². The van der Waals surface area contributed by atoms with Gasteiger partial charge >= 0.3 is 0 Å². The van der Waals surface area contributed by atoms with Crippen molar-refractivity contribution in [3.05, 3.63) is 84.4 Å². The smallest absolute Gasteiger partial charge is 0.279 e. The van der Waals surface area contributed by atoms with Gasteiger partial charge in [0.05, 0.1) is 24.6 Å². The third kappa shape index (κ3) is 4.46. The van der Waals surface area contributed by atoms with Crippen LogP contribution in [0.1, 0.15) is 16.2 Å². The number of furan rings is 1. The topological polar surface area (TPSA) is 103 Å². The van der Waals surface area contributed by atoms with E-state index in [1.54, 1.807) is 30.7 Å². The van der Waals surface area contributed by atoms with E-state index in [1.165, 1.54) is 6.07 Å². The van der Waals surface area contributed by atoms with Crippen molar-refractivity contribution in [1.82, 2.24) is 20.3 Å². The highest BCUT2D eigenvalue weighted by atomic mass is 19.1. The number of benzene rings is 2. The predicted molar refractivity (Wildman–Crippen MR) is 132 cm³/mol. The Labute approximate surface area is 205 Å². The van der Waals surface area contributed by atoms with Gasteiger partial charge in [0.1, 0.15) is 5.82 Å². The van der Waals surface area contributed by atoms with E-state index >= 15 is 0 Å².